The molecule has 0 radical (unpaired) electrons. The Morgan fingerprint density at radius 3 is 2.33 bits per heavy atom. The predicted octanol–water partition coefficient (Wildman–Crippen LogP) is 5.48. The molecule has 1 atom stereocenters. The first-order valence-corrected chi connectivity index (χ1v) is 11.9. The number of nitrogens with zero attached hydrogens (tertiary/aromatic N) is 1. The molecule has 0 aliphatic rings. The van der Waals surface area contributed by atoms with Gasteiger partial charge >= 0.3 is 0 Å². The number of carbonyl (C=O) groups is 2. The van der Waals surface area contributed by atoms with Gasteiger partial charge in [-0.3, -0.25) is 9.59 Å². The highest BCUT2D eigenvalue weighted by Gasteiger charge is 2.26. The fourth-order valence-electron chi connectivity index (χ4n) is 2.86. The Kier molecular flexibility index (Phi) is 10.0. The quantitative estimate of drug-likeness (QED) is 0.504. The van der Waals surface area contributed by atoms with E-state index in [-0.39, 0.29) is 17.6 Å². The first-order valence-electron chi connectivity index (χ1n) is 9.96. The van der Waals surface area contributed by atoms with Crippen LogP contribution >= 0.6 is 35.0 Å². The lowest BCUT2D eigenvalue weighted by atomic mass is 10.1. The zero-order chi connectivity index (χ0) is 22.1. The zero-order valence-corrected chi connectivity index (χ0v) is 19.9. The summed E-state index contributed by atoms with van der Waals surface area (Å²) in [5, 5.41) is 4.06. The maximum atomic E-state index is 13.1. The van der Waals surface area contributed by atoms with Crippen LogP contribution < -0.4 is 5.32 Å². The summed E-state index contributed by atoms with van der Waals surface area (Å²) in [5.74, 6) is 0.525. The Labute approximate surface area is 193 Å². The molecule has 30 heavy (non-hydrogen) atoms. The van der Waals surface area contributed by atoms with Gasteiger partial charge in [-0.1, -0.05) is 66.0 Å². The molecule has 2 rings (SSSR count). The second kappa shape index (κ2) is 12.2. The van der Waals surface area contributed by atoms with Gasteiger partial charge in [0.2, 0.25) is 11.8 Å². The summed E-state index contributed by atoms with van der Waals surface area (Å²) < 4.78 is 0. The van der Waals surface area contributed by atoms with Crippen LogP contribution in [0.4, 0.5) is 0 Å². The average molecular weight is 467 g/mol. The van der Waals surface area contributed by atoms with Crippen molar-refractivity contribution < 1.29 is 9.59 Å². The van der Waals surface area contributed by atoms with E-state index in [0.29, 0.717) is 28.9 Å². The Hall–Kier alpha value is -1.69. The van der Waals surface area contributed by atoms with Gasteiger partial charge in [0, 0.05) is 28.9 Å². The lowest BCUT2D eigenvalue weighted by molar-refractivity contribution is -0.138. The highest BCUT2D eigenvalue weighted by molar-refractivity contribution is 7.99. The molecule has 0 aliphatic heterocycles. The second-order valence-electron chi connectivity index (χ2n) is 7.17. The molecule has 0 aliphatic carbocycles. The van der Waals surface area contributed by atoms with Crippen molar-refractivity contribution >= 4 is 46.8 Å². The maximum Gasteiger partial charge on any atom is 0.242 e. The molecule has 2 aromatic rings. The van der Waals surface area contributed by atoms with Crippen LogP contribution in [0.2, 0.25) is 10.0 Å². The van der Waals surface area contributed by atoms with Crippen molar-refractivity contribution in [1.82, 2.24) is 10.2 Å². The third-order valence-corrected chi connectivity index (χ3v) is 6.38. The smallest absolute Gasteiger partial charge is 0.242 e. The Morgan fingerprint density at radius 1 is 1.10 bits per heavy atom. The molecule has 2 aromatic carbocycles. The molecule has 0 spiro atoms. The standard InChI is InChI=1S/C23H28Cl2N2O2S/c1-4-12-26-23(29)17(3)27(13-18-10-8-16(2)9-11-18)22(28)15-30-14-19-20(24)6-5-7-21(19)25/h5-11,17H,4,12-15H2,1-3H3,(H,26,29)/t17-/m0/s1. The number of benzene rings is 2. The predicted molar refractivity (Wildman–Crippen MR) is 127 cm³/mol. The third kappa shape index (κ3) is 7.22. The van der Waals surface area contributed by atoms with Gasteiger partial charge in [0.25, 0.3) is 0 Å². The Balaban J connectivity index is 2.08. The molecular weight excluding hydrogens is 439 g/mol. The highest BCUT2D eigenvalue weighted by atomic mass is 35.5. The van der Waals surface area contributed by atoms with Gasteiger partial charge in [0.1, 0.15) is 6.04 Å². The van der Waals surface area contributed by atoms with Gasteiger partial charge in [0.05, 0.1) is 5.75 Å². The lowest BCUT2D eigenvalue weighted by Crippen LogP contribution is -2.48. The average Bonchev–Trinajstić information content (AvgIpc) is 2.73. The second-order valence-corrected chi connectivity index (χ2v) is 8.97. The SMILES string of the molecule is CCCNC(=O)[C@H](C)N(Cc1ccc(C)cc1)C(=O)CSCc1c(Cl)cccc1Cl. The maximum absolute atomic E-state index is 13.1. The van der Waals surface area contributed by atoms with Gasteiger partial charge in [0.15, 0.2) is 0 Å². The van der Waals surface area contributed by atoms with Crippen LogP contribution in [-0.2, 0) is 21.9 Å². The molecule has 1 N–H and O–H groups in total. The van der Waals surface area contributed by atoms with E-state index in [1.807, 2.05) is 38.1 Å². The number of thioether (sulfide) groups is 1. The number of hydrogen-bond donors (Lipinski definition) is 1. The molecule has 0 fully saturated rings. The number of aryl methyl sites for hydroxylation is 1. The van der Waals surface area contributed by atoms with E-state index in [2.05, 4.69) is 5.32 Å². The number of amides is 2. The zero-order valence-electron chi connectivity index (χ0n) is 17.6. The molecule has 162 valence electrons. The molecular formula is C23H28Cl2N2O2S. The molecule has 0 bridgehead atoms. The molecule has 0 aromatic heterocycles. The number of rotatable bonds is 10. The molecule has 4 nitrogen and oxygen atoms in total. The summed E-state index contributed by atoms with van der Waals surface area (Å²) in [4.78, 5) is 27.2. The lowest BCUT2D eigenvalue weighted by Gasteiger charge is -2.29. The van der Waals surface area contributed by atoms with Crippen molar-refractivity contribution in [3.63, 3.8) is 0 Å². The Morgan fingerprint density at radius 2 is 1.73 bits per heavy atom. The van der Waals surface area contributed by atoms with E-state index in [4.69, 9.17) is 23.2 Å². The minimum absolute atomic E-state index is 0.0945. The van der Waals surface area contributed by atoms with Gasteiger partial charge < -0.3 is 10.2 Å². The summed E-state index contributed by atoms with van der Waals surface area (Å²) in [6, 6.07) is 12.8. The number of nitrogens with one attached hydrogen (secondary N) is 1. The summed E-state index contributed by atoms with van der Waals surface area (Å²) in [6.07, 6.45) is 0.846. The van der Waals surface area contributed by atoms with Gasteiger partial charge in [-0.25, -0.2) is 0 Å². The van der Waals surface area contributed by atoms with E-state index >= 15 is 0 Å². The van der Waals surface area contributed by atoms with Crippen molar-refractivity contribution in [3.8, 4) is 0 Å². The normalized spacial score (nSPS) is 11.8. The third-order valence-electron chi connectivity index (χ3n) is 4.72. The minimum Gasteiger partial charge on any atom is -0.354 e. The van der Waals surface area contributed by atoms with Crippen LogP contribution in [-0.4, -0.2) is 35.1 Å². The van der Waals surface area contributed by atoms with Crippen molar-refractivity contribution in [1.29, 1.82) is 0 Å². The van der Waals surface area contributed by atoms with E-state index in [1.54, 1.807) is 30.0 Å². The van der Waals surface area contributed by atoms with Crippen LogP contribution in [0.3, 0.4) is 0 Å². The van der Waals surface area contributed by atoms with E-state index in [0.717, 1.165) is 23.1 Å². The van der Waals surface area contributed by atoms with E-state index < -0.39 is 6.04 Å². The first-order chi connectivity index (χ1) is 14.3. The van der Waals surface area contributed by atoms with Gasteiger partial charge in [-0.2, -0.15) is 0 Å². The first kappa shape index (κ1) is 24.6. The molecule has 7 heteroatoms. The summed E-state index contributed by atoms with van der Waals surface area (Å²) in [7, 11) is 0. The molecule has 0 heterocycles. The fraction of sp³-hybridized carbons (Fsp3) is 0.391. The number of hydrogen-bond acceptors (Lipinski definition) is 3. The number of carbonyl (C=O) groups excluding carboxylic acids is 2. The molecule has 2 amide bonds. The highest BCUT2D eigenvalue weighted by Crippen LogP contribution is 2.28. The topological polar surface area (TPSA) is 49.4 Å². The van der Waals surface area contributed by atoms with Crippen molar-refractivity contribution in [2.24, 2.45) is 0 Å². The monoisotopic (exact) mass is 466 g/mol. The van der Waals surface area contributed by atoms with Crippen LogP contribution in [0.25, 0.3) is 0 Å². The summed E-state index contributed by atoms with van der Waals surface area (Å²) in [5.41, 5.74) is 2.96. The minimum atomic E-state index is -0.560. The van der Waals surface area contributed by atoms with Crippen molar-refractivity contribution in [3.05, 3.63) is 69.2 Å². The molecule has 0 saturated carbocycles. The van der Waals surface area contributed by atoms with Gasteiger partial charge in [-0.15, -0.1) is 11.8 Å². The summed E-state index contributed by atoms with van der Waals surface area (Å²) in [6.45, 7) is 6.76. The number of halogens is 2. The van der Waals surface area contributed by atoms with Crippen molar-refractivity contribution in [2.45, 2.75) is 45.5 Å². The van der Waals surface area contributed by atoms with E-state index in [1.165, 1.54) is 11.8 Å². The largest absolute Gasteiger partial charge is 0.354 e. The van der Waals surface area contributed by atoms with Crippen molar-refractivity contribution in [2.75, 3.05) is 12.3 Å². The van der Waals surface area contributed by atoms with E-state index in [9.17, 15) is 9.59 Å². The Bertz CT molecular complexity index is 839. The molecule has 0 saturated heterocycles. The molecule has 0 unspecified atom stereocenters. The van der Waals surface area contributed by atoms with Crippen LogP contribution in [0.15, 0.2) is 42.5 Å². The van der Waals surface area contributed by atoms with Crippen LogP contribution in [0.1, 0.15) is 37.0 Å². The fourth-order valence-corrected chi connectivity index (χ4v) is 4.51. The van der Waals surface area contributed by atoms with Crippen LogP contribution in [0, 0.1) is 6.92 Å². The van der Waals surface area contributed by atoms with Crippen LogP contribution in [0.5, 0.6) is 0 Å². The van der Waals surface area contributed by atoms with Gasteiger partial charge in [-0.05, 0) is 43.5 Å². The summed E-state index contributed by atoms with van der Waals surface area (Å²) >= 11 is 13.9.